The van der Waals surface area contributed by atoms with Gasteiger partial charge in [0.05, 0.1) is 18.2 Å². The lowest BCUT2D eigenvalue weighted by Gasteiger charge is -2.35. The van der Waals surface area contributed by atoms with Crippen molar-refractivity contribution in [2.75, 3.05) is 37.7 Å². The molecule has 1 fully saturated rings. The summed E-state index contributed by atoms with van der Waals surface area (Å²) >= 11 is 5.92. The number of nitrogens with zero attached hydrogens (tertiary/aromatic N) is 3. The van der Waals surface area contributed by atoms with Crippen molar-refractivity contribution >= 4 is 34.4 Å². The first-order chi connectivity index (χ1) is 13.7. The molecule has 4 rings (SSSR count). The number of pyridine rings is 1. The molecular weight excluding hydrogens is 378 g/mol. The van der Waals surface area contributed by atoms with Crippen LogP contribution in [0.4, 0.5) is 5.82 Å². The van der Waals surface area contributed by atoms with Gasteiger partial charge in [0.2, 0.25) is 0 Å². The van der Waals surface area contributed by atoms with Crippen LogP contribution < -0.4 is 4.90 Å². The highest BCUT2D eigenvalue weighted by molar-refractivity contribution is 6.30. The molecule has 0 aliphatic carbocycles. The molecule has 0 saturated carbocycles. The number of carbonyl (C=O) groups excluding carboxylic acids is 1. The molecule has 0 N–H and O–H groups in total. The molecule has 1 saturated heterocycles. The van der Waals surface area contributed by atoms with Crippen LogP contribution in [0.5, 0.6) is 0 Å². The first-order valence-electron chi connectivity index (χ1n) is 9.42. The zero-order valence-corrected chi connectivity index (χ0v) is 16.5. The second-order valence-corrected chi connectivity index (χ2v) is 7.15. The standard InChI is InChI=1S/C21H22ClN3O3/c1-2-27-21(26)20-16-5-3-4-6-17(16)28-18(20)14-24-9-11-25(12-10-24)19-8-7-15(22)13-23-19/h3-8,13H,2,9-12,14H2,1H3. The van der Waals surface area contributed by atoms with Crippen molar-refractivity contribution in [2.24, 2.45) is 0 Å². The fourth-order valence-corrected chi connectivity index (χ4v) is 3.64. The third kappa shape index (κ3) is 3.84. The van der Waals surface area contributed by atoms with Crippen molar-refractivity contribution < 1.29 is 13.9 Å². The minimum atomic E-state index is -0.327. The molecule has 0 bridgehead atoms. The first kappa shape index (κ1) is 18.8. The van der Waals surface area contributed by atoms with Gasteiger partial charge < -0.3 is 14.1 Å². The highest BCUT2D eigenvalue weighted by Crippen LogP contribution is 2.28. The fourth-order valence-electron chi connectivity index (χ4n) is 3.53. The highest BCUT2D eigenvalue weighted by Gasteiger charge is 2.25. The zero-order chi connectivity index (χ0) is 19.5. The van der Waals surface area contributed by atoms with Gasteiger partial charge >= 0.3 is 5.97 Å². The van der Waals surface area contributed by atoms with E-state index in [1.807, 2.05) is 43.3 Å². The summed E-state index contributed by atoms with van der Waals surface area (Å²) in [6.07, 6.45) is 1.67. The highest BCUT2D eigenvalue weighted by atomic mass is 35.5. The molecule has 3 heterocycles. The van der Waals surface area contributed by atoms with Crippen LogP contribution in [0.15, 0.2) is 47.0 Å². The van der Waals surface area contributed by atoms with Gasteiger partial charge in [-0.3, -0.25) is 4.90 Å². The number of hydrogen-bond donors (Lipinski definition) is 0. The van der Waals surface area contributed by atoms with Gasteiger partial charge in [0.15, 0.2) is 0 Å². The van der Waals surface area contributed by atoms with Crippen LogP contribution >= 0.6 is 11.6 Å². The number of anilines is 1. The number of piperazine rings is 1. The van der Waals surface area contributed by atoms with Gasteiger partial charge in [-0.1, -0.05) is 29.8 Å². The number of esters is 1. The number of hydrogen-bond acceptors (Lipinski definition) is 6. The van der Waals surface area contributed by atoms with Crippen LogP contribution in [-0.2, 0) is 11.3 Å². The van der Waals surface area contributed by atoms with E-state index < -0.39 is 0 Å². The summed E-state index contributed by atoms with van der Waals surface area (Å²) < 4.78 is 11.3. The van der Waals surface area contributed by atoms with E-state index in [4.69, 9.17) is 20.8 Å². The predicted molar refractivity (Wildman–Crippen MR) is 109 cm³/mol. The van der Waals surface area contributed by atoms with Gasteiger partial charge in [-0.05, 0) is 25.1 Å². The van der Waals surface area contributed by atoms with Gasteiger partial charge in [0.25, 0.3) is 0 Å². The molecular formula is C21H22ClN3O3. The molecule has 0 amide bonds. The number of fused-ring (bicyclic) bond motifs is 1. The van der Waals surface area contributed by atoms with Crippen molar-refractivity contribution in [1.29, 1.82) is 0 Å². The number of furan rings is 1. The molecule has 3 aromatic rings. The minimum Gasteiger partial charge on any atom is -0.462 e. The summed E-state index contributed by atoms with van der Waals surface area (Å²) in [7, 11) is 0. The Bertz CT molecular complexity index is 963. The molecule has 6 nitrogen and oxygen atoms in total. The zero-order valence-electron chi connectivity index (χ0n) is 15.7. The van der Waals surface area contributed by atoms with Gasteiger partial charge in [-0.25, -0.2) is 9.78 Å². The minimum absolute atomic E-state index is 0.327. The number of rotatable bonds is 5. The van der Waals surface area contributed by atoms with Crippen LogP contribution in [0.3, 0.4) is 0 Å². The molecule has 0 atom stereocenters. The molecule has 1 aromatic carbocycles. The van der Waals surface area contributed by atoms with E-state index in [1.165, 1.54) is 0 Å². The van der Waals surface area contributed by atoms with E-state index in [1.54, 1.807) is 6.20 Å². The summed E-state index contributed by atoms with van der Waals surface area (Å²) in [6, 6.07) is 11.4. The topological polar surface area (TPSA) is 58.8 Å². The van der Waals surface area contributed by atoms with E-state index in [-0.39, 0.29) is 5.97 Å². The molecule has 7 heteroatoms. The van der Waals surface area contributed by atoms with E-state index in [0.717, 1.165) is 37.4 Å². The van der Waals surface area contributed by atoms with E-state index in [9.17, 15) is 4.79 Å². The van der Waals surface area contributed by atoms with Crippen LogP contribution in [0.25, 0.3) is 11.0 Å². The molecule has 28 heavy (non-hydrogen) atoms. The van der Waals surface area contributed by atoms with Crippen LogP contribution in [-0.4, -0.2) is 48.6 Å². The summed E-state index contributed by atoms with van der Waals surface area (Å²) in [5.74, 6) is 1.27. The van der Waals surface area contributed by atoms with Crippen molar-refractivity contribution in [1.82, 2.24) is 9.88 Å². The fraction of sp³-hybridized carbons (Fsp3) is 0.333. The SMILES string of the molecule is CCOC(=O)c1c(CN2CCN(c3ccc(Cl)cn3)CC2)oc2ccccc12. The molecule has 0 unspecified atom stereocenters. The van der Waals surface area contributed by atoms with Crippen LogP contribution in [0, 0.1) is 0 Å². The lowest BCUT2D eigenvalue weighted by molar-refractivity contribution is 0.0524. The van der Waals surface area contributed by atoms with Gasteiger partial charge in [0, 0.05) is 37.8 Å². The maximum atomic E-state index is 12.5. The van der Waals surface area contributed by atoms with Crippen molar-refractivity contribution in [3.63, 3.8) is 0 Å². The predicted octanol–water partition coefficient (Wildman–Crippen LogP) is 3.98. The summed E-state index contributed by atoms with van der Waals surface area (Å²) in [6.45, 7) is 6.12. The smallest absolute Gasteiger partial charge is 0.342 e. The molecule has 146 valence electrons. The van der Waals surface area contributed by atoms with E-state index in [0.29, 0.717) is 35.1 Å². The van der Waals surface area contributed by atoms with Gasteiger partial charge in [-0.15, -0.1) is 0 Å². The molecule has 2 aromatic heterocycles. The summed E-state index contributed by atoms with van der Waals surface area (Å²) in [5, 5.41) is 1.44. The summed E-state index contributed by atoms with van der Waals surface area (Å²) in [5.41, 5.74) is 1.25. The van der Waals surface area contributed by atoms with Crippen molar-refractivity contribution in [2.45, 2.75) is 13.5 Å². The number of aromatic nitrogens is 1. The number of carbonyl (C=O) groups is 1. The summed E-state index contributed by atoms with van der Waals surface area (Å²) in [4.78, 5) is 21.4. The van der Waals surface area contributed by atoms with Crippen molar-refractivity contribution in [3.8, 4) is 0 Å². The van der Waals surface area contributed by atoms with Crippen LogP contribution in [0.2, 0.25) is 5.02 Å². The average molecular weight is 400 g/mol. The maximum Gasteiger partial charge on any atom is 0.342 e. The lowest BCUT2D eigenvalue weighted by atomic mass is 10.1. The van der Waals surface area contributed by atoms with Crippen molar-refractivity contribution in [3.05, 3.63) is 58.9 Å². The first-order valence-corrected chi connectivity index (χ1v) is 9.80. The Morgan fingerprint density at radius 2 is 1.96 bits per heavy atom. The molecule has 0 spiro atoms. The normalized spacial score (nSPS) is 15.1. The number of para-hydroxylation sites is 1. The number of halogens is 1. The second kappa shape index (κ2) is 8.20. The maximum absolute atomic E-state index is 12.5. The molecule has 0 radical (unpaired) electrons. The third-order valence-electron chi connectivity index (χ3n) is 4.92. The third-order valence-corrected chi connectivity index (χ3v) is 5.15. The Morgan fingerprint density at radius 1 is 1.18 bits per heavy atom. The molecule has 1 aliphatic heterocycles. The molecule has 1 aliphatic rings. The quantitative estimate of drug-likeness (QED) is 0.605. The number of benzene rings is 1. The Hall–Kier alpha value is -2.57. The van der Waals surface area contributed by atoms with Gasteiger partial charge in [-0.2, -0.15) is 0 Å². The number of ether oxygens (including phenoxy) is 1. The lowest BCUT2D eigenvalue weighted by Crippen LogP contribution is -2.46. The Balaban J connectivity index is 1.49. The monoisotopic (exact) mass is 399 g/mol. The van der Waals surface area contributed by atoms with Crippen LogP contribution in [0.1, 0.15) is 23.0 Å². The largest absolute Gasteiger partial charge is 0.462 e. The van der Waals surface area contributed by atoms with E-state index in [2.05, 4.69) is 14.8 Å². The van der Waals surface area contributed by atoms with Gasteiger partial charge in [0.1, 0.15) is 22.7 Å². The van der Waals surface area contributed by atoms with E-state index >= 15 is 0 Å². The average Bonchev–Trinajstić information content (AvgIpc) is 3.07. The second-order valence-electron chi connectivity index (χ2n) is 6.71. The Labute approximate surface area is 168 Å². The Morgan fingerprint density at radius 3 is 2.68 bits per heavy atom. The Kier molecular flexibility index (Phi) is 5.50.